The van der Waals surface area contributed by atoms with Gasteiger partial charge in [0.2, 0.25) is 10.0 Å². The quantitative estimate of drug-likeness (QED) is 0.565. The number of aromatic hydroxyl groups is 1. The fourth-order valence-electron chi connectivity index (χ4n) is 2.22. The molecule has 0 saturated heterocycles. The Bertz CT molecular complexity index is 998. The van der Waals surface area contributed by atoms with Crippen LogP contribution in [0.2, 0.25) is 0 Å². The SMILES string of the molecule is O=C(Nc1ccccc1O)c1ccc(S(=O)(=O)NCc2cccs2)cc1. The third-order valence-corrected chi connectivity index (χ3v) is 5.89. The Kier molecular flexibility index (Phi) is 5.36. The van der Waals surface area contributed by atoms with Crippen molar-refractivity contribution in [2.75, 3.05) is 5.32 Å². The van der Waals surface area contributed by atoms with Crippen molar-refractivity contribution in [3.05, 3.63) is 76.5 Å². The van der Waals surface area contributed by atoms with Gasteiger partial charge in [0.05, 0.1) is 10.6 Å². The smallest absolute Gasteiger partial charge is 0.255 e. The standard InChI is InChI=1S/C18H16N2O4S2/c21-17-6-2-1-5-16(17)20-18(22)13-7-9-15(10-8-13)26(23,24)19-12-14-4-3-11-25-14/h1-11,19,21H,12H2,(H,20,22). The Labute approximate surface area is 155 Å². The molecule has 3 N–H and O–H groups in total. The highest BCUT2D eigenvalue weighted by atomic mass is 32.2. The fraction of sp³-hybridized carbons (Fsp3) is 0.0556. The Morgan fingerprint density at radius 2 is 1.73 bits per heavy atom. The molecule has 0 unspecified atom stereocenters. The zero-order valence-corrected chi connectivity index (χ0v) is 15.2. The van der Waals surface area contributed by atoms with Gasteiger partial charge in [-0.3, -0.25) is 4.79 Å². The second-order valence-corrected chi connectivity index (χ2v) is 8.20. The Morgan fingerprint density at radius 3 is 2.38 bits per heavy atom. The van der Waals surface area contributed by atoms with Crippen molar-refractivity contribution < 1.29 is 18.3 Å². The van der Waals surface area contributed by atoms with E-state index in [1.807, 2.05) is 17.5 Å². The highest BCUT2D eigenvalue weighted by Crippen LogP contribution is 2.22. The number of phenols is 1. The summed E-state index contributed by atoms with van der Waals surface area (Å²) in [5.74, 6) is -0.486. The van der Waals surface area contributed by atoms with Crippen LogP contribution in [0, 0.1) is 0 Å². The van der Waals surface area contributed by atoms with Crippen molar-refractivity contribution in [2.45, 2.75) is 11.4 Å². The van der Waals surface area contributed by atoms with E-state index in [2.05, 4.69) is 10.0 Å². The number of amides is 1. The molecule has 0 fully saturated rings. The number of benzene rings is 2. The summed E-state index contributed by atoms with van der Waals surface area (Å²) in [4.78, 5) is 13.2. The summed E-state index contributed by atoms with van der Waals surface area (Å²) in [6.07, 6.45) is 0. The number of carbonyl (C=O) groups excluding carboxylic acids is 1. The van der Waals surface area contributed by atoms with E-state index in [1.54, 1.807) is 18.2 Å². The molecule has 8 heteroatoms. The summed E-state index contributed by atoms with van der Waals surface area (Å²) in [5.41, 5.74) is 0.567. The maximum atomic E-state index is 12.3. The lowest BCUT2D eigenvalue weighted by Crippen LogP contribution is -2.23. The van der Waals surface area contributed by atoms with Crippen LogP contribution in [0.1, 0.15) is 15.2 Å². The molecule has 0 atom stereocenters. The molecule has 1 amide bonds. The lowest BCUT2D eigenvalue weighted by molar-refractivity contribution is 0.102. The summed E-state index contributed by atoms with van der Waals surface area (Å²) in [7, 11) is -3.66. The summed E-state index contributed by atoms with van der Waals surface area (Å²) >= 11 is 1.47. The molecule has 3 aromatic rings. The van der Waals surface area contributed by atoms with Gasteiger partial charge in [-0.25, -0.2) is 13.1 Å². The number of carbonyl (C=O) groups is 1. The van der Waals surface area contributed by atoms with E-state index >= 15 is 0 Å². The van der Waals surface area contributed by atoms with Gasteiger partial charge in [0.1, 0.15) is 5.75 Å². The number of sulfonamides is 1. The molecule has 3 rings (SSSR count). The second-order valence-electron chi connectivity index (χ2n) is 5.40. The first kappa shape index (κ1) is 18.1. The Hall–Kier alpha value is -2.68. The zero-order valence-electron chi connectivity index (χ0n) is 13.5. The normalized spacial score (nSPS) is 11.2. The van der Waals surface area contributed by atoms with Gasteiger partial charge in [-0.1, -0.05) is 18.2 Å². The number of anilines is 1. The van der Waals surface area contributed by atoms with Gasteiger partial charge in [-0.05, 0) is 47.8 Å². The van der Waals surface area contributed by atoms with Crippen molar-refractivity contribution in [1.29, 1.82) is 0 Å². The van der Waals surface area contributed by atoms with Crippen LogP contribution in [0.3, 0.4) is 0 Å². The molecule has 0 aliphatic rings. The molecular formula is C18H16N2O4S2. The van der Waals surface area contributed by atoms with Gasteiger partial charge in [0.25, 0.3) is 5.91 Å². The van der Waals surface area contributed by atoms with Crippen LogP contribution < -0.4 is 10.0 Å². The fourth-order valence-corrected chi connectivity index (χ4v) is 3.96. The molecular weight excluding hydrogens is 372 g/mol. The van der Waals surface area contributed by atoms with Crippen LogP contribution in [0.5, 0.6) is 5.75 Å². The number of hydrogen-bond acceptors (Lipinski definition) is 5. The van der Waals surface area contributed by atoms with E-state index in [4.69, 9.17) is 0 Å². The van der Waals surface area contributed by atoms with E-state index in [0.717, 1.165) is 4.88 Å². The van der Waals surface area contributed by atoms with Crippen molar-refractivity contribution >= 4 is 33.0 Å². The largest absolute Gasteiger partial charge is 0.506 e. The number of para-hydroxylation sites is 2. The van der Waals surface area contributed by atoms with Crippen molar-refractivity contribution in [2.24, 2.45) is 0 Å². The van der Waals surface area contributed by atoms with Crippen LogP contribution in [0.25, 0.3) is 0 Å². The summed E-state index contributed by atoms with van der Waals surface area (Å²) < 4.78 is 27.1. The second kappa shape index (κ2) is 7.69. The van der Waals surface area contributed by atoms with Gasteiger partial charge in [0, 0.05) is 17.0 Å². The van der Waals surface area contributed by atoms with Crippen molar-refractivity contribution in [3.8, 4) is 5.75 Å². The van der Waals surface area contributed by atoms with Gasteiger partial charge in [-0.15, -0.1) is 11.3 Å². The topological polar surface area (TPSA) is 95.5 Å². The van der Waals surface area contributed by atoms with Gasteiger partial charge >= 0.3 is 0 Å². The molecule has 0 radical (unpaired) electrons. The molecule has 0 bridgehead atoms. The zero-order chi connectivity index (χ0) is 18.6. The van der Waals surface area contributed by atoms with E-state index in [9.17, 15) is 18.3 Å². The molecule has 26 heavy (non-hydrogen) atoms. The highest BCUT2D eigenvalue weighted by Gasteiger charge is 2.15. The summed E-state index contributed by atoms with van der Waals surface area (Å²) in [6.45, 7) is 0.218. The maximum Gasteiger partial charge on any atom is 0.255 e. The van der Waals surface area contributed by atoms with E-state index < -0.39 is 15.9 Å². The number of thiophene rings is 1. The molecule has 2 aromatic carbocycles. The third-order valence-electron chi connectivity index (χ3n) is 3.60. The van der Waals surface area contributed by atoms with E-state index in [1.165, 1.54) is 41.7 Å². The van der Waals surface area contributed by atoms with Crippen LogP contribution >= 0.6 is 11.3 Å². The molecule has 0 saturated carbocycles. The molecule has 0 aliphatic heterocycles. The number of rotatable bonds is 6. The predicted octanol–water partition coefficient (Wildman–Crippen LogP) is 3.18. The van der Waals surface area contributed by atoms with Crippen LogP contribution in [-0.4, -0.2) is 19.4 Å². The van der Waals surface area contributed by atoms with Gasteiger partial charge in [-0.2, -0.15) is 0 Å². The van der Waals surface area contributed by atoms with E-state index in [-0.39, 0.29) is 28.4 Å². The average molecular weight is 388 g/mol. The molecule has 134 valence electrons. The number of nitrogens with one attached hydrogen (secondary N) is 2. The minimum Gasteiger partial charge on any atom is -0.506 e. The number of phenolic OH excluding ortho intramolecular Hbond substituents is 1. The number of hydrogen-bond donors (Lipinski definition) is 3. The monoisotopic (exact) mass is 388 g/mol. The molecule has 1 heterocycles. The molecule has 6 nitrogen and oxygen atoms in total. The predicted molar refractivity (Wildman–Crippen MR) is 101 cm³/mol. The van der Waals surface area contributed by atoms with Gasteiger partial charge in [0.15, 0.2) is 0 Å². The Balaban J connectivity index is 1.69. The first-order valence-corrected chi connectivity index (χ1v) is 10.0. The highest BCUT2D eigenvalue weighted by molar-refractivity contribution is 7.89. The van der Waals surface area contributed by atoms with Gasteiger partial charge < -0.3 is 10.4 Å². The molecule has 1 aromatic heterocycles. The van der Waals surface area contributed by atoms with E-state index in [0.29, 0.717) is 0 Å². The summed E-state index contributed by atoms with van der Waals surface area (Å²) in [6, 6.07) is 15.7. The maximum absolute atomic E-state index is 12.3. The lowest BCUT2D eigenvalue weighted by Gasteiger charge is -2.09. The molecule has 0 spiro atoms. The molecule has 0 aliphatic carbocycles. The average Bonchev–Trinajstić information content (AvgIpc) is 3.16. The first-order valence-electron chi connectivity index (χ1n) is 7.67. The first-order chi connectivity index (χ1) is 12.5. The third kappa shape index (κ3) is 4.29. The van der Waals surface area contributed by atoms with Crippen LogP contribution in [0.15, 0.2) is 70.9 Å². The van der Waals surface area contributed by atoms with Crippen molar-refractivity contribution in [3.63, 3.8) is 0 Å². The minimum atomic E-state index is -3.66. The Morgan fingerprint density at radius 1 is 1.00 bits per heavy atom. The van der Waals surface area contributed by atoms with Crippen LogP contribution in [-0.2, 0) is 16.6 Å². The van der Waals surface area contributed by atoms with Crippen LogP contribution in [0.4, 0.5) is 5.69 Å². The minimum absolute atomic E-state index is 0.0437. The lowest BCUT2D eigenvalue weighted by atomic mass is 10.2. The summed E-state index contributed by atoms with van der Waals surface area (Å²) in [5, 5.41) is 14.1. The van der Waals surface area contributed by atoms with Crippen molar-refractivity contribution in [1.82, 2.24) is 4.72 Å².